The average Bonchev–Trinajstić information content (AvgIpc) is 2.28. The highest BCUT2D eigenvalue weighted by atomic mass is 79.9. The molecule has 1 aromatic rings. The van der Waals surface area contributed by atoms with E-state index in [1.165, 1.54) is 7.11 Å². The van der Waals surface area contributed by atoms with Crippen molar-refractivity contribution in [2.75, 3.05) is 13.7 Å². The summed E-state index contributed by atoms with van der Waals surface area (Å²) in [6, 6.07) is 5.30. The molecule has 0 aromatic heterocycles. The van der Waals surface area contributed by atoms with E-state index in [1.54, 1.807) is 26.0 Å². The van der Waals surface area contributed by atoms with Crippen LogP contribution < -0.4 is 5.32 Å². The Kier molecular flexibility index (Phi) is 5.31. The van der Waals surface area contributed by atoms with E-state index < -0.39 is 5.60 Å². The number of benzene rings is 1. The molecule has 0 amide bonds. The molecule has 0 heterocycles. The summed E-state index contributed by atoms with van der Waals surface area (Å²) in [5, 5.41) is 12.7. The Bertz CT molecular complexity index is 427. The van der Waals surface area contributed by atoms with Crippen molar-refractivity contribution in [3.05, 3.63) is 33.8 Å². The summed E-state index contributed by atoms with van der Waals surface area (Å²) in [4.78, 5) is 11.3. The molecule has 4 nitrogen and oxygen atoms in total. The van der Waals surface area contributed by atoms with Crippen molar-refractivity contribution in [1.29, 1.82) is 0 Å². The predicted octanol–water partition coefficient (Wildman–Crippen LogP) is 2.10. The minimum absolute atomic E-state index is 0.355. The Hall–Kier alpha value is -0.910. The highest BCUT2D eigenvalue weighted by molar-refractivity contribution is 9.10. The zero-order valence-electron chi connectivity index (χ0n) is 10.8. The summed E-state index contributed by atoms with van der Waals surface area (Å²) in [5.41, 5.74) is 0.792. The van der Waals surface area contributed by atoms with Crippen molar-refractivity contribution in [3.63, 3.8) is 0 Å². The second kappa shape index (κ2) is 6.31. The van der Waals surface area contributed by atoms with Crippen molar-refractivity contribution >= 4 is 21.9 Å². The van der Waals surface area contributed by atoms with Crippen LogP contribution in [-0.4, -0.2) is 30.3 Å². The molecule has 1 aromatic carbocycles. The second-order valence-electron chi connectivity index (χ2n) is 4.71. The van der Waals surface area contributed by atoms with Crippen LogP contribution in [0.15, 0.2) is 22.7 Å². The molecule has 0 aliphatic heterocycles. The van der Waals surface area contributed by atoms with Crippen LogP contribution >= 0.6 is 15.9 Å². The summed E-state index contributed by atoms with van der Waals surface area (Å²) >= 11 is 3.41. The van der Waals surface area contributed by atoms with Gasteiger partial charge in [0.15, 0.2) is 0 Å². The van der Waals surface area contributed by atoms with Gasteiger partial charge >= 0.3 is 5.97 Å². The molecule has 0 atom stereocenters. The van der Waals surface area contributed by atoms with Gasteiger partial charge in [-0.25, -0.2) is 4.79 Å². The van der Waals surface area contributed by atoms with Crippen LogP contribution in [-0.2, 0) is 11.3 Å². The first-order valence-corrected chi connectivity index (χ1v) is 6.42. The number of rotatable bonds is 5. The van der Waals surface area contributed by atoms with Gasteiger partial charge in [0.2, 0.25) is 0 Å². The van der Waals surface area contributed by atoms with Gasteiger partial charge in [-0.3, -0.25) is 0 Å². The summed E-state index contributed by atoms with van der Waals surface area (Å²) in [7, 11) is 1.36. The Labute approximate surface area is 115 Å². The van der Waals surface area contributed by atoms with Gasteiger partial charge in [0, 0.05) is 17.6 Å². The van der Waals surface area contributed by atoms with Gasteiger partial charge in [-0.05, 0) is 31.5 Å². The van der Waals surface area contributed by atoms with Gasteiger partial charge in [0.05, 0.1) is 18.3 Å². The third-order valence-electron chi connectivity index (χ3n) is 2.35. The van der Waals surface area contributed by atoms with E-state index in [-0.39, 0.29) is 5.97 Å². The minimum Gasteiger partial charge on any atom is -0.465 e. The number of halogens is 1. The number of aliphatic hydroxyl groups is 1. The molecule has 0 saturated heterocycles. The molecular formula is C13H18BrNO3. The number of carbonyl (C=O) groups is 1. The van der Waals surface area contributed by atoms with E-state index in [0.717, 1.165) is 10.0 Å². The van der Waals surface area contributed by atoms with Gasteiger partial charge in [-0.15, -0.1) is 0 Å². The molecule has 0 radical (unpaired) electrons. The van der Waals surface area contributed by atoms with Crippen LogP contribution in [0.1, 0.15) is 29.8 Å². The fourth-order valence-corrected chi connectivity index (χ4v) is 1.96. The topological polar surface area (TPSA) is 58.6 Å². The normalized spacial score (nSPS) is 11.4. The zero-order chi connectivity index (χ0) is 13.8. The molecule has 0 saturated carbocycles. The second-order valence-corrected chi connectivity index (χ2v) is 5.57. The Morgan fingerprint density at radius 1 is 1.50 bits per heavy atom. The molecule has 18 heavy (non-hydrogen) atoms. The summed E-state index contributed by atoms with van der Waals surface area (Å²) in [6.07, 6.45) is 0. The Balaban J connectivity index is 2.66. The Morgan fingerprint density at radius 3 is 2.67 bits per heavy atom. The molecule has 0 unspecified atom stereocenters. The number of hydrogen-bond acceptors (Lipinski definition) is 4. The van der Waals surface area contributed by atoms with Crippen LogP contribution in [0.3, 0.4) is 0 Å². The van der Waals surface area contributed by atoms with Crippen LogP contribution in [0.4, 0.5) is 0 Å². The summed E-state index contributed by atoms with van der Waals surface area (Å²) in [6.45, 7) is 4.61. The highest BCUT2D eigenvalue weighted by Gasteiger charge is 2.12. The molecule has 100 valence electrons. The van der Waals surface area contributed by atoms with Gasteiger partial charge in [-0.2, -0.15) is 0 Å². The standard InChI is InChI=1S/C13H18BrNO3/c1-13(2,17)8-15-7-10-5-4-9(6-11(10)14)12(16)18-3/h4-6,15,17H,7-8H2,1-3H3. The highest BCUT2D eigenvalue weighted by Crippen LogP contribution is 2.19. The largest absolute Gasteiger partial charge is 0.465 e. The lowest BCUT2D eigenvalue weighted by molar-refractivity contribution is 0.0600. The van der Waals surface area contributed by atoms with Gasteiger partial charge in [-0.1, -0.05) is 22.0 Å². The Morgan fingerprint density at radius 2 is 2.17 bits per heavy atom. The van der Waals surface area contributed by atoms with E-state index >= 15 is 0 Å². The molecule has 0 fully saturated rings. The average molecular weight is 316 g/mol. The van der Waals surface area contributed by atoms with Crippen molar-refractivity contribution < 1.29 is 14.6 Å². The van der Waals surface area contributed by atoms with E-state index in [2.05, 4.69) is 26.0 Å². The first-order valence-electron chi connectivity index (χ1n) is 5.63. The number of hydrogen-bond donors (Lipinski definition) is 2. The van der Waals surface area contributed by atoms with Crippen LogP contribution in [0, 0.1) is 0 Å². The maximum atomic E-state index is 11.3. The first kappa shape index (κ1) is 15.1. The molecule has 0 spiro atoms. The lowest BCUT2D eigenvalue weighted by Gasteiger charge is -2.18. The smallest absolute Gasteiger partial charge is 0.337 e. The molecular weight excluding hydrogens is 298 g/mol. The lowest BCUT2D eigenvalue weighted by Crippen LogP contribution is -2.34. The van der Waals surface area contributed by atoms with E-state index in [9.17, 15) is 9.90 Å². The minimum atomic E-state index is -0.738. The number of carbonyl (C=O) groups excluding carboxylic acids is 1. The van der Waals surface area contributed by atoms with Crippen molar-refractivity contribution in [2.24, 2.45) is 0 Å². The zero-order valence-corrected chi connectivity index (χ0v) is 12.4. The van der Waals surface area contributed by atoms with Crippen molar-refractivity contribution in [2.45, 2.75) is 26.0 Å². The SMILES string of the molecule is COC(=O)c1ccc(CNCC(C)(C)O)c(Br)c1. The maximum Gasteiger partial charge on any atom is 0.337 e. The molecule has 5 heteroatoms. The molecule has 0 aliphatic rings. The van der Waals surface area contributed by atoms with Crippen molar-refractivity contribution in [3.8, 4) is 0 Å². The third kappa shape index (κ3) is 4.76. The monoisotopic (exact) mass is 315 g/mol. The first-order chi connectivity index (χ1) is 8.33. The van der Waals surface area contributed by atoms with Gasteiger partial charge < -0.3 is 15.2 Å². The number of ether oxygens (including phenoxy) is 1. The van der Waals surface area contributed by atoms with Crippen LogP contribution in [0.25, 0.3) is 0 Å². The van der Waals surface area contributed by atoms with Crippen LogP contribution in [0.5, 0.6) is 0 Å². The molecule has 1 rings (SSSR count). The number of methoxy groups -OCH3 is 1. The maximum absolute atomic E-state index is 11.3. The molecule has 0 aliphatic carbocycles. The van der Waals surface area contributed by atoms with Gasteiger partial charge in [0.25, 0.3) is 0 Å². The fourth-order valence-electron chi connectivity index (χ4n) is 1.44. The predicted molar refractivity (Wildman–Crippen MR) is 73.5 cm³/mol. The molecule has 0 bridgehead atoms. The van der Waals surface area contributed by atoms with Crippen LogP contribution in [0.2, 0.25) is 0 Å². The molecule has 2 N–H and O–H groups in total. The number of esters is 1. The fraction of sp³-hybridized carbons (Fsp3) is 0.462. The summed E-state index contributed by atoms with van der Waals surface area (Å²) in [5.74, 6) is -0.355. The van der Waals surface area contributed by atoms with Gasteiger partial charge in [0.1, 0.15) is 0 Å². The summed E-state index contributed by atoms with van der Waals surface area (Å²) < 4.78 is 5.49. The van der Waals surface area contributed by atoms with Crippen molar-refractivity contribution in [1.82, 2.24) is 5.32 Å². The van der Waals surface area contributed by atoms with E-state index in [1.807, 2.05) is 6.07 Å². The lowest BCUT2D eigenvalue weighted by atomic mass is 10.1. The number of nitrogens with one attached hydrogen (secondary N) is 1. The quantitative estimate of drug-likeness (QED) is 0.817. The van der Waals surface area contributed by atoms with E-state index in [0.29, 0.717) is 18.7 Å². The van der Waals surface area contributed by atoms with E-state index in [4.69, 9.17) is 0 Å². The third-order valence-corrected chi connectivity index (χ3v) is 3.09.